The highest BCUT2D eigenvalue weighted by Gasteiger charge is 2.04. The first-order chi connectivity index (χ1) is 9.22. The van der Waals surface area contributed by atoms with E-state index < -0.39 is 0 Å². The van der Waals surface area contributed by atoms with Crippen LogP contribution in [0.5, 0.6) is 5.75 Å². The molecule has 0 N–H and O–H groups in total. The van der Waals surface area contributed by atoms with Crippen LogP contribution in [0.25, 0.3) is 10.4 Å². The SMILES string of the molecule is CC=CC(=O)Oc1ccc(-c2ccc(CC)s2)cc1. The Morgan fingerprint density at radius 3 is 2.53 bits per heavy atom. The van der Waals surface area contributed by atoms with Gasteiger partial charge in [0.2, 0.25) is 0 Å². The van der Waals surface area contributed by atoms with Crippen LogP contribution in [0.3, 0.4) is 0 Å². The largest absolute Gasteiger partial charge is 0.423 e. The second-order valence-corrected chi connectivity index (χ2v) is 5.23. The van der Waals surface area contributed by atoms with E-state index in [0.29, 0.717) is 5.75 Å². The number of hydrogen-bond donors (Lipinski definition) is 0. The topological polar surface area (TPSA) is 26.3 Å². The Morgan fingerprint density at radius 2 is 1.95 bits per heavy atom. The Hall–Kier alpha value is -1.87. The van der Waals surface area contributed by atoms with Crippen molar-refractivity contribution in [1.29, 1.82) is 0 Å². The van der Waals surface area contributed by atoms with Crippen molar-refractivity contribution in [2.45, 2.75) is 20.3 Å². The summed E-state index contributed by atoms with van der Waals surface area (Å²) in [5.41, 5.74) is 1.15. The molecule has 0 bridgehead atoms. The number of aryl methyl sites for hydroxylation is 1. The summed E-state index contributed by atoms with van der Waals surface area (Å²) in [7, 11) is 0. The van der Waals surface area contributed by atoms with Gasteiger partial charge in [-0.2, -0.15) is 0 Å². The van der Waals surface area contributed by atoms with E-state index in [-0.39, 0.29) is 5.97 Å². The van der Waals surface area contributed by atoms with Crippen molar-refractivity contribution in [2.24, 2.45) is 0 Å². The first-order valence-electron chi connectivity index (χ1n) is 6.26. The zero-order chi connectivity index (χ0) is 13.7. The third-order valence-corrected chi connectivity index (χ3v) is 3.95. The monoisotopic (exact) mass is 272 g/mol. The molecule has 0 saturated carbocycles. The third-order valence-electron chi connectivity index (χ3n) is 2.67. The van der Waals surface area contributed by atoms with Gasteiger partial charge >= 0.3 is 5.97 Å². The minimum atomic E-state index is -0.348. The molecule has 2 nitrogen and oxygen atoms in total. The standard InChI is InChI=1S/C16H16O2S/c1-3-5-16(17)18-13-8-6-12(7-9-13)15-11-10-14(4-2)19-15/h3,5-11H,4H2,1-2H3. The van der Waals surface area contributed by atoms with E-state index in [2.05, 4.69) is 19.1 Å². The fraction of sp³-hybridized carbons (Fsp3) is 0.188. The summed E-state index contributed by atoms with van der Waals surface area (Å²) in [5, 5.41) is 0. The minimum absolute atomic E-state index is 0.348. The van der Waals surface area contributed by atoms with Gasteiger partial charge in [0.05, 0.1) is 0 Å². The van der Waals surface area contributed by atoms with E-state index in [4.69, 9.17) is 4.74 Å². The van der Waals surface area contributed by atoms with Gasteiger partial charge in [-0.3, -0.25) is 0 Å². The highest BCUT2D eigenvalue weighted by atomic mass is 32.1. The molecule has 0 fully saturated rings. The maximum absolute atomic E-state index is 11.3. The van der Waals surface area contributed by atoms with Crippen LogP contribution in [0.15, 0.2) is 48.6 Å². The molecule has 2 aromatic rings. The Kier molecular flexibility index (Phi) is 4.53. The quantitative estimate of drug-likeness (QED) is 0.466. The maximum atomic E-state index is 11.3. The summed E-state index contributed by atoms with van der Waals surface area (Å²) in [6.45, 7) is 3.94. The van der Waals surface area contributed by atoms with Crippen LogP contribution in [0.1, 0.15) is 18.7 Å². The molecule has 0 radical (unpaired) electrons. The second kappa shape index (κ2) is 6.34. The van der Waals surface area contributed by atoms with Gasteiger partial charge in [-0.25, -0.2) is 4.79 Å². The van der Waals surface area contributed by atoms with Gasteiger partial charge in [0.1, 0.15) is 5.75 Å². The van der Waals surface area contributed by atoms with Gasteiger partial charge < -0.3 is 4.74 Å². The lowest BCUT2D eigenvalue weighted by Gasteiger charge is -2.02. The van der Waals surface area contributed by atoms with Gasteiger partial charge in [0.15, 0.2) is 0 Å². The van der Waals surface area contributed by atoms with Crippen molar-refractivity contribution in [3.8, 4) is 16.2 Å². The molecule has 0 aliphatic heterocycles. The molecule has 0 spiro atoms. The smallest absolute Gasteiger partial charge is 0.335 e. The van der Waals surface area contributed by atoms with Crippen molar-refractivity contribution in [3.63, 3.8) is 0 Å². The number of hydrogen-bond acceptors (Lipinski definition) is 3. The van der Waals surface area contributed by atoms with E-state index in [1.165, 1.54) is 15.8 Å². The van der Waals surface area contributed by atoms with Crippen LogP contribution in [0.4, 0.5) is 0 Å². The number of carbonyl (C=O) groups excluding carboxylic acids is 1. The van der Waals surface area contributed by atoms with Crippen molar-refractivity contribution in [3.05, 3.63) is 53.4 Å². The Labute approximate surface area is 117 Å². The molecule has 0 saturated heterocycles. The molecule has 0 amide bonds. The molecule has 19 heavy (non-hydrogen) atoms. The molecule has 0 aliphatic carbocycles. The predicted octanol–water partition coefficient (Wildman–Crippen LogP) is 4.46. The lowest BCUT2D eigenvalue weighted by molar-refractivity contribution is -0.128. The zero-order valence-electron chi connectivity index (χ0n) is 11.1. The summed E-state index contributed by atoms with van der Waals surface area (Å²) in [5.74, 6) is 0.221. The normalized spacial score (nSPS) is 10.8. The second-order valence-electron chi connectivity index (χ2n) is 4.06. The molecule has 0 aliphatic rings. The van der Waals surface area contributed by atoms with Crippen LogP contribution in [-0.4, -0.2) is 5.97 Å². The Morgan fingerprint density at radius 1 is 1.21 bits per heavy atom. The van der Waals surface area contributed by atoms with Crippen LogP contribution >= 0.6 is 11.3 Å². The molecule has 2 rings (SSSR count). The molecule has 1 heterocycles. The van der Waals surface area contributed by atoms with E-state index in [0.717, 1.165) is 12.0 Å². The van der Waals surface area contributed by atoms with E-state index >= 15 is 0 Å². The average Bonchev–Trinajstić information content (AvgIpc) is 2.88. The molecule has 98 valence electrons. The average molecular weight is 272 g/mol. The number of rotatable bonds is 4. The van der Waals surface area contributed by atoms with E-state index in [1.54, 1.807) is 24.3 Å². The zero-order valence-corrected chi connectivity index (χ0v) is 11.9. The number of esters is 1. The Bertz CT molecular complexity index is 579. The number of carbonyl (C=O) groups is 1. The molecular formula is C16H16O2S. The summed E-state index contributed by atoms with van der Waals surface area (Å²) in [6.07, 6.45) is 4.12. The lowest BCUT2D eigenvalue weighted by atomic mass is 10.2. The lowest BCUT2D eigenvalue weighted by Crippen LogP contribution is -2.03. The van der Waals surface area contributed by atoms with Crippen LogP contribution < -0.4 is 4.74 Å². The molecule has 0 unspecified atom stereocenters. The number of thiophene rings is 1. The highest BCUT2D eigenvalue weighted by Crippen LogP contribution is 2.29. The summed E-state index contributed by atoms with van der Waals surface area (Å²) < 4.78 is 5.15. The fourth-order valence-electron chi connectivity index (χ4n) is 1.70. The fourth-order valence-corrected chi connectivity index (χ4v) is 2.65. The maximum Gasteiger partial charge on any atom is 0.335 e. The van der Waals surface area contributed by atoms with Crippen molar-refractivity contribution < 1.29 is 9.53 Å². The number of ether oxygens (including phenoxy) is 1. The van der Waals surface area contributed by atoms with Crippen LogP contribution in [0.2, 0.25) is 0 Å². The summed E-state index contributed by atoms with van der Waals surface area (Å²) >= 11 is 1.79. The van der Waals surface area contributed by atoms with Crippen molar-refractivity contribution in [2.75, 3.05) is 0 Å². The molecular weight excluding hydrogens is 256 g/mol. The van der Waals surface area contributed by atoms with Crippen LogP contribution in [0, 0.1) is 0 Å². The first-order valence-corrected chi connectivity index (χ1v) is 7.08. The van der Waals surface area contributed by atoms with Crippen LogP contribution in [-0.2, 0) is 11.2 Å². The van der Waals surface area contributed by atoms with E-state index in [1.807, 2.05) is 24.3 Å². The van der Waals surface area contributed by atoms with Gasteiger partial charge in [0, 0.05) is 15.8 Å². The van der Waals surface area contributed by atoms with Gasteiger partial charge in [-0.1, -0.05) is 13.0 Å². The minimum Gasteiger partial charge on any atom is -0.423 e. The third kappa shape index (κ3) is 3.55. The first kappa shape index (κ1) is 13.6. The molecule has 1 aromatic carbocycles. The summed E-state index contributed by atoms with van der Waals surface area (Å²) in [4.78, 5) is 13.9. The van der Waals surface area contributed by atoms with E-state index in [9.17, 15) is 4.79 Å². The highest BCUT2D eigenvalue weighted by molar-refractivity contribution is 7.15. The van der Waals surface area contributed by atoms with Gasteiger partial charge in [-0.15, -0.1) is 11.3 Å². The molecule has 0 atom stereocenters. The Balaban J connectivity index is 2.11. The molecule has 1 aromatic heterocycles. The molecule has 3 heteroatoms. The number of benzene rings is 1. The van der Waals surface area contributed by atoms with Crippen molar-refractivity contribution >= 4 is 17.3 Å². The predicted molar refractivity (Wildman–Crippen MR) is 79.6 cm³/mol. The summed E-state index contributed by atoms with van der Waals surface area (Å²) in [6, 6.07) is 11.9. The van der Waals surface area contributed by atoms with Gasteiger partial charge in [-0.05, 0) is 55.3 Å². The van der Waals surface area contributed by atoms with Crippen molar-refractivity contribution in [1.82, 2.24) is 0 Å². The number of allylic oxidation sites excluding steroid dienone is 1. The van der Waals surface area contributed by atoms with Gasteiger partial charge in [0.25, 0.3) is 0 Å².